The minimum absolute atomic E-state index is 0.0247. The van der Waals surface area contributed by atoms with Crippen LogP contribution < -0.4 is 16.0 Å². The highest BCUT2D eigenvalue weighted by Gasteiger charge is 2.32. The summed E-state index contributed by atoms with van der Waals surface area (Å²) in [6.45, 7) is 10.6. The van der Waals surface area contributed by atoms with Gasteiger partial charge in [-0.2, -0.15) is 0 Å². The Balaban J connectivity index is 1.92. The van der Waals surface area contributed by atoms with Crippen molar-refractivity contribution in [3.05, 3.63) is 29.8 Å². The van der Waals surface area contributed by atoms with Crippen LogP contribution in [0.5, 0.6) is 0 Å². The molecule has 6 nitrogen and oxygen atoms in total. The van der Waals surface area contributed by atoms with Gasteiger partial charge in [0.1, 0.15) is 0 Å². The first-order chi connectivity index (χ1) is 13.6. The van der Waals surface area contributed by atoms with E-state index in [1.807, 2.05) is 13.8 Å². The predicted molar refractivity (Wildman–Crippen MR) is 116 cm³/mol. The summed E-state index contributed by atoms with van der Waals surface area (Å²) in [7, 11) is 0. The predicted octanol–water partition coefficient (Wildman–Crippen LogP) is 3.87. The van der Waals surface area contributed by atoms with Crippen molar-refractivity contribution in [2.75, 3.05) is 5.32 Å². The molecule has 6 heteroatoms. The molecule has 160 valence electrons. The number of rotatable bonds is 6. The van der Waals surface area contributed by atoms with Crippen molar-refractivity contribution in [1.82, 2.24) is 10.6 Å². The highest BCUT2D eigenvalue weighted by Crippen LogP contribution is 2.40. The van der Waals surface area contributed by atoms with E-state index < -0.39 is 11.8 Å². The molecule has 1 aliphatic rings. The maximum Gasteiger partial charge on any atom is 0.313 e. The molecule has 29 heavy (non-hydrogen) atoms. The summed E-state index contributed by atoms with van der Waals surface area (Å²) in [6, 6.07) is 6.69. The van der Waals surface area contributed by atoms with E-state index in [2.05, 4.69) is 36.7 Å². The van der Waals surface area contributed by atoms with E-state index in [0.717, 1.165) is 32.1 Å². The maximum absolute atomic E-state index is 12.4. The number of anilines is 1. The van der Waals surface area contributed by atoms with Gasteiger partial charge in [-0.1, -0.05) is 39.3 Å². The summed E-state index contributed by atoms with van der Waals surface area (Å²) < 4.78 is 0. The fraction of sp³-hybridized carbons (Fsp3) is 0.609. The normalized spacial score (nSPS) is 19.5. The summed E-state index contributed by atoms with van der Waals surface area (Å²) in [5.41, 5.74) is 0.982. The van der Waals surface area contributed by atoms with Crippen LogP contribution in [0.1, 0.15) is 77.1 Å². The van der Waals surface area contributed by atoms with Gasteiger partial charge in [0.15, 0.2) is 0 Å². The number of nitrogens with one attached hydrogen (secondary N) is 3. The van der Waals surface area contributed by atoms with Crippen LogP contribution in [-0.4, -0.2) is 29.8 Å². The van der Waals surface area contributed by atoms with E-state index in [9.17, 15) is 14.4 Å². The molecule has 1 fully saturated rings. The maximum atomic E-state index is 12.4. The van der Waals surface area contributed by atoms with Gasteiger partial charge in [-0.05, 0) is 63.0 Å². The van der Waals surface area contributed by atoms with Crippen LogP contribution >= 0.6 is 0 Å². The van der Waals surface area contributed by atoms with Crippen molar-refractivity contribution in [1.29, 1.82) is 0 Å². The van der Waals surface area contributed by atoms with E-state index in [-0.39, 0.29) is 18.0 Å². The van der Waals surface area contributed by atoms with Gasteiger partial charge in [-0.15, -0.1) is 0 Å². The van der Waals surface area contributed by atoms with Crippen molar-refractivity contribution in [3.63, 3.8) is 0 Å². The van der Waals surface area contributed by atoms with Gasteiger partial charge in [-0.25, -0.2) is 0 Å². The molecule has 1 saturated carbocycles. The Hall–Kier alpha value is -2.37. The monoisotopic (exact) mass is 401 g/mol. The van der Waals surface area contributed by atoms with Gasteiger partial charge < -0.3 is 16.0 Å². The number of benzene rings is 1. The Bertz CT molecular complexity index is 735. The van der Waals surface area contributed by atoms with Gasteiger partial charge in [0, 0.05) is 12.1 Å². The average Bonchev–Trinajstić information content (AvgIpc) is 2.68. The largest absolute Gasteiger partial charge is 0.350 e. The molecular formula is C23H35N3O3. The Kier molecular flexibility index (Phi) is 7.82. The van der Waals surface area contributed by atoms with Crippen LogP contribution in [0, 0.1) is 11.3 Å². The van der Waals surface area contributed by atoms with Crippen LogP contribution in [-0.2, 0) is 9.59 Å². The molecule has 0 unspecified atom stereocenters. The number of hydrogen-bond donors (Lipinski definition) is 3. The van der Waals surface area contributed by atoms with Crippen molar-refractivity contribution in [2.45, 2.75) is 78.8 Å². The molecule has 0 aliphatic heterocycles. The molecule has 0 bridgehead atoms. The van der Waals surface area contributed by atoms with Gasteiger partial charge in [0.05, 0.1) is 11.3 Å². The number of carbonyl (C=O) groups excluding carboxylic acids is 3. The summed E-state index contributed by atoms with van der Waals surface area (Å²) >= 11 is 0. The van der Waals surface area contributed by atoms with Crippen LogP contribution in [0.2, 0.25) is 0 Å². The second kappa shape index (κ2) is 9.90. The topological polar surface area (TPSA) is 87.3 Å². The molecule has 2 rings (SSSR count). The van der Waals surface area contributed by atoms with Crippen LogP contribution in [0.3, 0.4) is 0 Å². The standard InChI is InChI=1S/C23H35N3O3/c1-6-23(4,5)16-11-13-17(14-12-16)25-21(28)22(29)26-19-10-8-7-9-18(19)20(27)24-15(2)3/h7-10,15-17H,6,11-14H2,1-5H3,(H,24,27)(H,25,28)(H,26,29). The lowest BCUT2D eigenvalue weighted by Crippen LogP contribution is -2.44. The molecule has 0 saturated heterocycles. The molecule has 3 amide bonds. The minimum atomic E-state index is -0.745. The molecule has 1 aliphatic carbocycles. The van der Waals surface area contributed by atoms with Crippen LogP contribution in [0.4, 0.5) is 5.69 Å². The number of para-hydroxylation sites is 1. The molecule has 1 aromatic rings. The Morgan fingerprint density at radius 3 is 2.24 bits per heavy atom. The Morgan fingerprint density at radius 1 is 1.03 bits per heavy atom. The lowest BCUT2D eigenvalue weighted by Gasteiger charge is -2.39. The fourth-order valence-electron chi connectivity index (χ4n) is 3.87. The molecule has 0 heterocycles. The van der Waals surface area contributed by atoms with Crippen molar-refractivity contribution >= 4 is 23.4 Å². The molecule has 0 aromatic heterocycles. The third kappa shape index (κ3) is 6.31. The van der Waals surface area contributed by atoms with Crippen molar-refractivity contribution in [2.24, 2.45) is 11.3 Å². The molecule has 0 radical (unpaired) electrons. The lowest BCUT2D eigenvalue weighted by molar-refractivity contribution is -0.136. The first-order valence-corrected chi connectivity index (χ1v) is 10.7. The zero-order chi connectivity index (χ0) is 21.6. The first kappa shape index (κ1) is 22.9. The quantitative estimate of drug-likeness (QED) is 0.632. The number of amides is 3. The van der Waals surface area contributed by atoms with Gasteiger partial charge in [-0.3, -0.25) is 14.4 Å². The minimum Gasteiger partial charge on any atom is -0.350 e. The first-order valence-electron chi connectivity index (χ1n) is 10.7. The van der Waals surface area contributed by atoms with E-state index in [1.165, 1.54) is 0 Å². The second-order valence-electron chi connectivity index (χ2n) is 8.99. The second-order valence-corrected chi connectivity index (χ2v) is 8.99. The highest BCUT2D eigenvalue weighted by atomic mass is 16.2. The molecule has 0 spiro atoms. The molecule has 1 aromatic carbocycles. The summed E-state index contributed by atoms with van der Waals surface area (Å²) in [6.07, 6.45) is 5.04. The molecule has 3 N–H and O–H groups in total. The Labute approximate surface area is 174 Å². The fourth-order valence-corrected chi connectivity index (χ4v) is 3.87. The van der Waals surface area contributed by atoms with Crippen molar-refractivity contribution in [3.8, 4) is 0 Å². The highest BCUT2D eigenvalue weighted by molar-refractivity contribution is 6.40. The summed E-state index contributed by atoms with van der Waals surface area (Å²) in [4.78, 5) is 37.1. The zero-order valence-corrected chi connectivity index (χ0v) is 18.3. The smallest absolute Gasteiger partial charge is 0.313 e. The molecular weight excluding hydrogens is 366 g/mol. The SMILES string of the molecule is CCC(C)(C)C1CCC(NC(=O)C(=O)Nc2ccccc2C(=O)NC(C)C)CC1. The summed E-state index contributed by atoms with van der Waals surface area (Å²) in [5, 5.41) is 8.24. The Morgan fingerprint density at radius 2 is 1.66 bits per heavy atom. The third-order valence-electron chi connectivity index (χ3n) is 6.12. The molecule has 0 atom stereocenters. The van der Waals surface area contributed by atoms with E-state index in [1.54, 1.807) is 24.3 Å². The van der Waals surface area contributed by atoms with E-state index in [0.29, 0.717) is 22.6 Å². The van der Waals surface area contributed by atoms with Gasteiger partial charge >= 0.3 is 11.8 Å². The zero-order valence-electron chi connectivity index (χ0n) is 18.3. The van der Waals surface area contributed by atoms with Crippen LogP contribution in [0.15, 0.2) is 24.3 Å². The number of hydrogen-bond acceptors (Lipinski definition) is 3. The summed E-state index contributed by atoms with van der Waals surface area (Å²) in [5.74, 6) is -1.03. The van der Waals surface area contributed by atoms with E-state index >= 15 is 0 Å². The van der Waals surface area contributed by atoms with E-state index in [4.69, 9.17) is 0 Å². The van der Waals surface area contributed by atoms with Crippen LogP contribution in [0.25, 0.3) is 0 Å². The lowest BCUT2D eigenvalue weighted by atomic mass is 9.69. The third-order valence-corrected chi connectivity index (χ3v) is 6.12. The average molecular weight is 402 g/mol. The van der Waals surface area contributed by atoms with Gasteiger partial charge in [0.2, 0.25) is 0 Å². The van der Waals surface area contributed by atoms with Gasteiger partial charge in [0.25, 0.3) is 5.91 Å². The number of carbonyl (C=O) groups is 3. The van der Waals surface area contributed by atoms with Crippen molar-refractivity contribution < 1.29 is 14.4 Å².